The first-order chi connectivity index (χ1) is 16.2. The molecule has 2 aromatic rings. The molecule has 34 heavy (non-hydrogen) atoms. The number of alkyl carbamates (subject to hydrolysis) is 1. The van der Waals surface area contributed by atoms with Gasteiger partial charge < -0.3 is 20.1 Å². The number of amides is 2. The Morgan fingerprint density at radius 3 is 2.18 bits per heavy atom. The highest BCUT2D eigenvalue weighted by atomic mass is 16.5. The van der Waals surface area contributed by atoms with Crippen LogP contribution in [-0.4, -0.2) is 52.7 Å². The predicted octanol–water partition coefficient (Wildman–Crippen LogP) is 4.02. The summed E-state index contributed by atoms with van der Waals surface area (Å²) in [6.07, 6.45) is 0.392. The topological polar surface area (TPSA) is 95.9 Å². The van der Waals surface area contributed by atoms with Gasteiger partial charge in [-0.15, -0.1) is 0 Å². The van der Waals surface area contributed by atoms with Gasteiger partial charge in [-0.2, -0.15) is 0 Å². The Labute approximate surface area is 199 Å². The van der Waals surface area contributed by atoms with Crippen LogP contribution in [0.5, 0.6) is 0 Å². The highest BCUT2D eigenvalue weighted by Gasteiger charge is 2.69. The van der Waals surface area contributed by atoms with Gasteiger partial charge in [0.25, 0.3) is 0 Å². The summed E-state index contributed by atoms with van der Waals surface area (Å²) in [6, 6.07) is 15.8. The lowest BCUT2D eigenvalue weighted by molar-refractivity contribution is -0.161. The zero-order chi connectivity index (χ0) is 24.3. The van der Waals surface area contributed by atoms with Gasteiger partial charge in [0.05, 0.1) is 5.92 Å². The molecule has 2 amide bonds. The van der Waals surface area contributed by atoms with Crippen LogP contribution in [0.4, 0.5) is 4.79 Å². The number of nitrogens with zero attached hydrogens (tertiary/aromatic N) is 1. The molecule has 2 bridgehead atoms. The van der Waals surface area contributed by atoms with E-state index in [1.54, 1.807) is 13.8 Å². The van der Waals surface area contributed by atoms with Gasteiger partial charge in [-0.25, -0.2) is 9.59 Å². The summed E-state index contributed by atoms with van der Waals surface area (Å²) >= 11 is 0. The molecule has 1 saturated carbocycles. The van der Waals surface area contributed by atoms with E-state index in [0.29, 0.717) is 19.4 Å². The van der Waals surface area contributed by atoms with Gasteiger partial charge in [-0.3, -0.25) is 4.79 Å². The van der Waals surface area contributed by atoms with Crippen LogP contribution in [0, 0.1) is 11.3 Å². The summed E-state index contributed by atoms with van der Waals surface area (Å²) in [6.45, 7) is 6.14. The van der Waals surface area contributed by atoms with Crippen LogP contribution in [0.1, 0.15) is 50.7 Å². The van der Waals surface area contributed by atoms with Crippen LogP contribution in [0.15, 0.2) is 48.5 Å². The quantitative estimate of drug-likeness (QED) is 0.676. The van der Waals surface area contributed by atoms with Crippen molar-refractivity contribution in [3.63, 3.8) is 0 Å². The first kappa shape index (κ1) is 22.4. The minimum atomic E-state index is -1.09. The van der Waals surface area contributed by atoms with Gasteiger partial charge >= 0.3 is 12.1 Å². The molecule has 178 valence electrons. The Bertz CT molecular complexity index is 1120. The van der Waals surface area contributed by atoms with E-state index in [9.17, 15) is 19.5 Å². The Kier molecular flexibility index (Phi) is 5.19. The van der Waals surface area contributed by atoms with E-state index >= 15 is 0 Å². The van der Waals surface area contributed by atoms with Crippen molar-refractivity contribution in [1.29, 1.82) is 0 Å². The number of hydrogen-bond acceptors (Lipinski definition) is 4. The maximum Gasteiger partial charge on any atom is 0.407 e. The molecule has 7 nitrogen and oxygen atoms in total. The Morgan fingerprint density at radius 2 is 1.62 bits per heavy atom. The third kappa shape index (κ3) is 3.37. The van der Waals surface area contributed by atoms with Crippen molar-refractivity contribution in [3.8, 4) is 11.1 Å². The van der Waals surface area contributed by atoms with Crippen molar-refractivity contribution in [1.82, 2.24) is 10.2 Å². The van der Waals surface area contributed by atoms with E-state index in [1.807, 2.05) is 31.2 Å². The van der Waals surface area contributed by atoms with Crippen LogP contribution in [0.25, 0.3) is 11.1 Å². The summed E-state index contributed by atoms with van der Waals surface area (Å²) in [7, 11) is 0. The predicted molar refractivity (Wildman–Crippen MR) is 126 cm³/mol. The van der Waals surface area contributed by atoms with Crippen LogP contribution in [0.2, 0.25) is 0 Å². The Hall–Kier alpha value is -3.35. The zero-order valence-electron chi connectivity index (χ0n) is 19.7. The third-order valence-electron chi connectivity index (χ3n) is 7.99. The fraction of sp³-hybridized carbons (Fsp3) is 0.444. The summed E-state index contributed by atoms with van der Waals surface area (Å²) in [5.74, 6) is -1.80. The number of rotatable bonds is 6. The molecular weight excluding hydrogens is 432 g/mol. The molecule has 2 N–H and O–H groups in total. The average molecular weight is 463 g/mol. The van der Waals surface area contributed by atoms with E-state index in [4.69, 9.17) is 4.74 Å². The van der Waals surface area contributed by atoms with Crippen molar-refractivity contribution in [2.24, 2.45) is 11.3 Å². The summed E-state index contributed by atoms with van der Waals surface area (Å²) in [5, 5.41) is 12.5. The molecular formula is C27H30N2O5. The molecule has 6 rings (SSSR count). The fourth-order valence-electron chi connectivity index (χ4n) is 6.16. The second-order valence-corrected chi connectivity index (χ2v) is 10.5. The molecule has 3 fully saturated rings. The summed E-state index contributed by atoms with van der Waals surface area (Å²) in [4.78, 5) is 39.2. The molecule has 7 heteroatoms. The minimum Gasteiger partial charge on any atom is -0.479 e. The average Bonchev–Trinajstić information content (AvgIpc) is 3.40. The smallest absolute Gasteiger partial charge is 0.407 e. The number of benzene rings is 2. The lowest BCUT2D eigenvalue weighted by atomic mass is 9.63. The monoisotopic (exact) mass is 462 g/mol. The van der Waals surface area contributed by atoms with Gasteiger partial charge in [0.1, 0.15) is 12.1 Å². The minimum absolute atomic E-state index is 0.0416. The molecule has 2 aliphatic carbocycles. The standard InChI is InChI=1S/C27H30N2O5/c1-16(23(30)29-15-26(3)13-27(29,14-26)24(31)32)17(2)28-25(33)34-12-22-20-10-6-4-8-18(20)19-9-5-7-11-21(19)22/h4-11,16-17,22H,12-15H2,1-3H3,(H,28,33)(H,31,32). The molecule has 2 saturated heterocycles. The van der Waals surface area contributed by atoms with E-state index in [-0.39, 0.29) is 23.8 Å². The SMILES string of the molecule is CC(NC(=O)OCC1c2ccccc2-c2ccccc21)C(C)C(=O)N1CC2(C)CC1(C(=O)O)C2. The maximum absolute atomic E-state index is 13.2. The summed E-state index contributed by atoms with van der Waals surface area (Å²) < 4.78 is 5.60. The van der Waals surface area contributed by atoms with Crippen molar-refractivity contribution < 1.29 is 24.2 Å². The second-order valence-electron chi connectivity index (χ2n) is 10.5. The van der Waals surface area contributed by atoms with Gasteiger partial charge in [-0.05, 0) is 47.4 Å². The molecule has 0 aromatic heterocycles. The first-order valence-corrected chi connectivity index (χ1v) is 11.8. The molecule has 2 atom stereocenters. The Morgan fingerprint density at radius 1 is 1.06 bits per heavy atom. The van der Waals surface area contributed by atoms with Crippen LogP contribution >= 0.6 is 0 Å². The molecule has 2 heterocycles. The lowest BCUT2D eigenvalue weighted by Gasteiger charge is -2.43. The fourth-order valence-corrected chi connectivity index (χ4v) is 6.16. The molecule has 2 aliphatic heterocycles. The number of carbonyl (C=O) groups excluding carboxylic acids is 2. The van der Waals surface area contributed by atoms with Crippen molar-refractivity contribution >= 4 is 18.0 Å². The number of nitrogens with one attached hydrogen (secondary N) is 1. The number of hydrogen-bond donors (Lipinski definition) is 2. The maximum atomic E-state index is 13.2. The number of carboxylic acids is 1. The molecule has 2 unspecified atom stereocenters. The van der Waals surface area contributed by atoms with Crippen LogP contribution in [0.3, 0.4) is 0 Å². The van der Waals surface area contributed by atoms with Gasteiger partial charge in [0, 0.05) is 18.5 Å². The number of fused-ring (bicyclic) bond motifs is 4. The van der Waals surface area contributed by atoms with Crippen LogP contribution in [-0.2, 0) is 14.3 Å². The number of aliphatic carboxylic acids is 1. The number of carboxylic acid groups (broad SMARTS) is 1. The highest BCUT2D eigenvalue weighted by Crippen LogP contribution is 2.59. The number of ether oxygens (including phenoxy) is 1. The normalized spacial score (nSPS) is 26.1. The van der Waals surface area contributed by atoms with Crippen LogP contribution < -0.4 is 5.32 Å². The van der Waals surface area contributed by atoms with Gasteiger partial charge in [-0.1, -0.05) is 62.4 Å². The lowest BCUT2D eigenvalue weighted by Crippen LogP contribution is -2.58. The van der Waals surface area contributed by atoms with Crippen molar-refractivity contribution in [3.05, 3.63) is 59.7 Å². The number of carbonyl (C=O) groups is 3. The summed E-state index contributed by atoms with van der Waals surface area (Å²) in [5.41, 5.74) is 3.36. The van der Waals surface area contributed by atoms with E-state index in [0.717, 1.165) is 22.3 Å². The molecule has 2 aromatic carbocycles. The largest absolute Gasteiger partial charge is 0.479 e. The van der Waals surface area contributed by atoms with Gasteiger partial charge in [0.15, 0.2) is 0 Å². The highest BCUT2D eigenvalue weighted by molar-refractivity contribution is 5.91. The third-order valence-corrected chi connectivity index (χ3v) is 7.99. The van der Waals surface area contributed by atoms with E-state index in [2.05, 4.69) is 29.6 Å². The van der Waals surface area contributed by atoms with Crippen molar-refractivity contribution in [2.45, 2.75) is 51.1 Å². The molecule has 0 radical (unpaired) electrons. The van der Waals surface area contributed by atoms with E-state index in [1.165, 1.54) is 4.90 Å². The molecule has 0 spiro atoms. The van der Waals surface area contributed by atoms with Crippen molar-refractivity contribution in [2.75, 3.05) is 13.2 Å². The Balaban J connectivity index is 1.21. The second kappa shape index (κ2) is 7.86. The van der Waals surface area contributed by atoms with E-state index < -0.39 is 29.6 Å². The van der Waals surface area contributed by atoms with Gasteiger partial charge in [0.2, 0.25) is 5.91 Å². The first-order valence-electron chi connectivity index (χ1n) is 11.8. The zero-order valence-corrected chi connectivity index (χ0v) is 19.7. The molecule has 4 aliphatic rings.